The van der Waals surface area contributed by atoms with Gasteiger partial charge in [-0.25, -0.2) is 0 Å². The van der Waals surface area contributed by atoms with E-state index in [2.05, 4.69) is 301 Å². The minimum absolute atomic E-state index is 1.07. The van der Waals surface area contributed by atoms with Crippen LogP contribution in [0, 0.1) is 0 Å². The molecule has 72 heavy (non-hydrogen) atoms. The Morgan fingerprint density at radius 3 is 1.28 bits per heavy atom. The Balaban J connectivity index is 0.902. The number of hydrogen-bond donors (Lipinski definition) is 0. The summed E-state index contributed by atoms with van der Waals surface area (Å²) in [6, 6.07) is 106. The van der Waals surface area contributed by atoms with Crippen molar-refractivity contribution in [2.24, 2.45) is 0 Å². The first kappa shape index (κ1) is 42.6. The summed E-state index contributed by atoms with van der Waals surface area (Å²) in [4.78, 5) is 2.42. The van der Waals surface area contributed by atoms with Gasteiger partial charge in [0.15, 0.2) is 0 Å². The second-order valence-electron chi connectivity index (χ2n) is 18.5. The number of fused-ring (bicyclic) bond motifs is 4. The van der Waals surface area contributed by atoms with Crippen molar-refractivity contribution in [1.82, 2.24) is 4.57 Å². The fourth-order valence-corrected chi connectivity index (χ4v) is 10.7. The number of rotatable bonds is 10. The molecule has 338 valence electrons. The van der Waals surface area contributed by atoms with Crippen LogP contribution in [0.1, 0.15) is 0 Å². The molecule has 0 atom stereocenters. The second-order valence-corrected chi connectivity index (χ2v) is 18.5. The lowest BCUT2D eigenvalue weighted by atomic mass is 9.88. The molecule has 2 heteroatoms. The molecule has 2 nitrogen and oxygen atoms in total. The zero-order chi connectivity index (χ0) is 47.8. The molecule has 0 aliphatic carbocycles. The van der Waals surface area contributed by atoms with E-state index in [4.69, 9.17) is 0 Å². The standard InChI is InChI=1S/C70H48N2/c1-2-18-54(19-3-1)61-23-6-7-24-62(61)63-25-8-9-26-64(63)65-27-10-13-30-68(65)71(58-43-39-51(40-44-58)50-33-35-52(36-34-50)57-38-37-49-17-4-5-20-55(49)47-57)59-45-41-53(42-46-59)56-21-16-22-60(48-56)72-69-31-14-11-28-66(69)67-29-12-15-32-70(67)72/h1-48H. The van der Waals surface area contributed by atoms with Crippen molar-refractivity contribution in [3.05, 3.63) is 291 Å². The highest BCUT2D eigenvalue weighted by Gasteiger charge is 2.21. The van der Waals surface area contributed by atoms with Crippen LogP contribution in [0.5, 0.6) is 0 Å². The summed E-state index contributed by atoms with van der Waals surface area (Å²) in [5.41, 5.74) is 21.0. The Kier molecular flexibility index (Phi) is 10.9. The number of anilines is 3. The Hall–Kier alpha value is -9.50. The lowest BCUT2D eigenvalue weighted by molar-refractivity contribution is 1.18. The fourth-order valence-electron chi connectivity index (χ4n) is 10.7. The van der Waals surface area contributed by atoms with E-state index in [9.17, 15) is 0 Å². The molecule has 13 aromatic rings. The van der Waals surface area contributed by atoms with E-state index in [1.807, 2.05) is 0 Å². The maximum absolute atomic E-state index is 2.42. The van der Waals surface area contributed by atoms with Gasteiger partial charge in [0.25, 0.3) is 0 Å². The molecule has 0 aliphatic heterocycles. The fraction of sp³-hybridized carbons (Fsp3) is 0. The summed E-state index contributed by atoms with van der Waals surface area (Å²) in [5.74, 6) is 0. The minimum Gasteiger partial charge on any atom is -0.310 e. The molecule has 0 aliphatic rings. The smallest absolute Gasteiger partial charge is 0.0541 e. The zero-order valence-corrected chi connectivity index (χ0v) is 39.6. The molecule has 1 heterocycles. The van der Waals surface area contributed by atoms with Crippen molar-refractivity contribution < 1.29 is 0 Å². The molecule has 0 N–H and O–H groups in total. The van der Waals surface area contributed by atoms with E-state index in [1.54, 1.807) is 0 Å². The molecular weight excluding hydrogens is 869 g/mol. The predicted molar refractivity (Wildman–Crippen MR) is 306 cm³/mol. The van der Waals surface area contributed by atoms with E-state index in [1.165, 1.54) is 82.6 Å². The SMILES string of the molecule is c1ccc(-c2ccccc2-c2ccccc2-c2ccccc2N(c2ccc(-c3ccc(-c4ccc5ccccc5c4)cc3)cc2)c2ccc(-c3cccc(-n4c5ccccc5c5ccccc54)c3)cc2)cc1. The largest absolute Gasteiger partial charge is 0.310 e. The number of nitrogens with zero attached hydrogens (tertiary/aromatic N) is 2. The van der Waals surface area contributed by atoms with Gasteiger partial charge in [0, 0.05) is 33.4 Å². The van der Waals surface area contributed by atoms with E-state index < -0.39 is 0 Å². The molecule has 0 amide bonds. The van der Waals surface area contributed by atoms with E-state index in [0.29, 0.717) is 0 Å². The predicted octanol–water partition coefficient (Wildman–Crippen LogP) is 19.4. The number of hydrogen-bond acceptors (Lipinski definition) is 1. The van der Waals surface area contributed by atoms with Crippen LogP contribution in [0.2, 0.25) is 0 Å². The topological polar surface area (TPSA) is 8.17 Å². The molecule has 0 fully saturated rings. The molecule has 0 radical (unpaired) electrons. The first-order valence-electron chi connectivity index (χ1n) is 24.7. The molecule has 0 unspecified atom stereocenters. The molecule has 0 saturated carbocycles. The van der Waals surface area contributed by atoms with Crippen molar-refractivity contribution in [2.75, 3.05) is 4.90 Å². The average Bonchev–Trinajstić information content (AvgIpc) is 3.80. The third-order valence-corrected chi connectivity index (χ3v) is 14.2. The summed E-state index contributed by atoms with van der Waals surface area (Å²) >= 11 is 0. The maximum atomic E-state index is 2.42. The van der Waals surface area contributed by atoms with Gasteiger partial charge in [0.2, 0.25) is 0 Å². The van der Waals surface area contributed by atoms with E-state index in [-0.39, 0.29) is 0 Å². The molecule has 13 rings (SSSR count). The summed E-state index contributed by atoms with van der Waals surface area (Å²) in [5, 5.41) is 5.02. The lowest BCUT2D eigenvalue weighted by Gasteiger charge is -2.29. The van der Waals surface area contributed by atoms with Gasteiger partial charge in [-0.2, -0.15) is 0 Å². The van der Waals surface area contributed by atoms with E-state index >= 15 is 0 Å². The molecule has 12 aromatic carbocycles. The Bertz CT molecular complexity index is 4020. The van der Waals surface area contributed by atoms with Crippen LogP contribution in [-0.2, 0) is 0 Å². The summed E-state index contributed by atoms with van der Waals surface area (Å²) in [7, 11) is 0. The molecule has 0 spiro atoms. The highest BCUT2D eigenvalue weighted by molar-refractivity contribution is 6.09. The minimum atomic E-state index is 1.07. The highest BCUT2D eigenvalue weighted by atomic mass is 15.1. The zero-order valence-electron chi connectivity index (χ0n) is 39.6. The van der Waals surface area contributed by atoms with Gasteiger partial charge in [-0.05, 0) is 133 Å². The molecule has 0 saturated heterocycles. The van der Waals surface area contributed by atoms with Gasteiger partial charge in [-0.1, -0.05) is 231 Å². The molecular formula is C70H48N2. The second kappa shape index (κ2) is 18.4. The quantitative estimate of drug-likeness (QED) is 0.133. The van der Waals surface area contributed by atoms with Gasteiger partial charge in [-0.3, -0.25) is 0 Å². The van der Waals surface area contributed by atoms with Crippen molar-refractivity contribution >= 4 is 49.6 Å². The molecule has 1 aromatic heterocycles. The first-order valence-corrected chi connectivity index (χ1v) is 24.7. The molecule has 0 bridgehead atoms. The van der Waals surface area contributed by atoms with Crippen molar-refractivity contribution in [3.8, 4) is 72.4 Å². The van der Waals surface area contributed by atoms with Gasteiger partial charge in [-0.15, -0.1) is 0 Å². The van der Waals surface area contributed by atoms with Crippen LogP contribution in [-0.4, -0.2) is 4.57 Å². The third-order valence-electron chi connectivity index (χ3n) is 14.2. The van der Waals surface area contributed by atoms with Gasteiger partial charge in [0.1, 0.15) is 0 Å². The first-order chi connectivity index (χ1) is 35.7. The number of aromatic nitrogens is 1. The van der Waals surface area contributed by atoms with Crippen molar-refractivity contribution in [2.45, 2.75) is 0 Å². The van der Waals surface area contributed by atoms with Crippen LogP contribution >= 0.6 is 0 Å². The Morgan fingerprint density at radius 2 is 0.653 bits per heavy atom. The van der Waals surface area contributed by atoms with Crippen LogP contribution in [0.15, 0.2) is 291 Å². The van der Waals surface area contributed by atoms with Crippen molar-refractivity contribution in [1.29, 1.82) is 0 Å². The van der Waals surface area contributed by atoms with Gasteiger partial charge < -0.3 is 9.47 Å². The number of benzene rings is 12. The van der Waals surface area contributed by atoms with Crippen LogP contribution in [0.3, 0.4) is 0 Å². The van der Waals surface area contributed by atoms with Crippen LogP contribution in [0.4, 0.5) is 17.1 Å². The Morgan fingerprint density at radius 1 is 0.236 bits per heavy atom. The maximum Gasteiger partial charge on any atom is 0.0541 e. The van der Waals surface area contributed by atoms with Crippen LogP contribution in [0.25, 0.3) is 105 Å². The monoisotopic (exact) mass is 916 g/mol. The van der Waals surface area contributed by atoms with E-state index in [0.717, 1.165) is 39.4 Å². The number of para-hydroxylation sites is 3. The third kappa shape index (κ3) is 7.82. The Labute approximate surface area is 420 Å². The average molecular weight is 917 g/mol. The van der Waals surface area contributed by atoms with Gasteiger partial charge >= 0.3 is 0 Å². The van der Waals surface area contributed by atoms with Crippen molar-refractivity contribution in [3.63, 3.8) is 0 Å². The summed E-state index contributed by atoms with van der Waals surface area (Å²) in [6.07, 6.45) is 0. The normalized spacial score (nSPS) is 11.3. The van der Waals surface area contributed by atoms with Crippen LogP contribution < -0.4 is 4.90 Å². The summed E-state index contributed by atoms with van der Waals surface area (Å²) in [6.45, 7) is 0. The summed E-state index contributed by atoms with van der Waals surface area (Å²) < 4.78 is 2.39. The van der Waals surface area contributed by atoms with Gasteiger partial charge in [0.05, 0.1) is 16.7 Å². The lowest BCUT2D eigenvalue weighted by Crippen LogP contribution is -2.11. The highest BCUT2D eigenvalue weighted by Crippen LogP contribution is 2.46.